The van der Waals surface area contributed by atoms with Crippen molar-refractivity contribution in [2.75, 3.05) is 5.32 Å². The maximum absolute atomic E-state index is 13.5. The molecular weight excluding hydrogens is 584 g/mol. The number of nitrogens with zero attached hydrogens (tertiary/aromatic N) is 6. The van der Waals surface area contributed by atoms with E-state index in [2.05, 4.69) is 30.9 Å². The lowest BCUT2D eigenvalue weighted by molar-refractivity contribution is -0.141. The number of aromatic nitrogens is 6. The lowest BCUT2D eigenvalue weighted by atomic mass is 10.1. The van der Waals surface area contributed by atoms with Crippen LogP contribution in [0.25, 0.3) is 5.82 Å². The van der Waals surface area contributed by atoms with Crippen LogP contribution in [0.4, 0.5) is 18.9 Å². The average molecular weight is 602 g/mol. The van der Waals surface area contributed by atoms with Gasteiger partial charge in [0.05, 0.1) is 33.2 Å². The topological polar surface area (TPSA) is 120 Å². The van der Waals surface area contributed by atoms with Crippen molar-refractivity contribution in [3.05, 3.63) is 80.4 Å². The van der Waals surface area contributed by atoms with E-state index >= 15 is 0 Å². The van der Waals surface area contributed by atoms with Gasteiger partial charge in [0.2, 0.25) is 0 Å². The number of pyridine rings is 1. The number of carbonyl (C=O) groups excluding carboxylic acids is 2. The second kappa shape index (κ2) is 11.2. The number of halogens is 6. The van der Waals surface area contributed by atoms with Crippen molar-refractivity contribution in [1.29, 1.82) is 0 Å². The highest BCUT2D eigenvalue weighted by Crippen LogP contribution is 2.31. The summed E-state index contributed by atoms with van der Waals surface area (Å²) in [4.78, 5) is 31.2. The van der Waals surface area contributed by atoms with Crippen molar-refractivity contribution < 1.29 is 22.8 Å². The molecule has 4 aromatic rings. The van der Waals surface area contributed by atoms with Crippen LogP contribution in [-0.2, 0) is 12.7 Å². The third-order valence-corrected chi connectivity index (χ3v) is 5.83. The molecule has 2 N–H and O–H groups in total. The standard InChI is InChI=1S/C23H18Cl3F3N8O2/c1-11(2)32-21(38)14-6-12(24)7-16(26)19(14)33-22(39)17-8-13(10-36-31-9-18(35-36)23(27,28)29)34-37(17)20-15(25)4-3-5-30-20/h3-9,11H,10H2,1-2H3,(H,32,38)(H,33,39). The minimum absolute atomic E-state index is 0.00710. The van der Waals surface area contributed by atoms with Gasteiger partial charge in [-0.2, -0.15) is 28.2 Å². The Morgan fingerprint density at radius 3 is 2.44 bits per heavy atom. The lowest BCUT2D eigenvalue weighted by Crippen LogP contribution is -2.31. The van der Waals surface area contributed by atoms with E-state index in [0.717, 1.165) is 9.48 Å². The summed E-state index contributed by atoms with van der Waals surface area (Å²) in [5, 5.41) is 16.9. The Labute approximate surface area is 234 Å². The minimum atomic E-state index is -4.68. The normalized spacial score (nSPS) is 11.6. The first-order chi connectivity index (χ1) is 18.3. The second-order valence-electron chi connectivity index (χ2n) is 8.39. The highest BCUT2D eigenvalue weighted by Gasteiger charge is 2.34. The summed E-state index contributed by atoms with van der Waals surface area (Å²) in [7, 11) is 0. The molecule has 204 valence electrons. The van der Waals surface area contributed by atoms with Crippen molar-refractivity contribution in [1.82, 2.24) is 35.1 Å². The minimum Gasteiger partial charge on any atom is -0.350 e. The highest BCUT2D eigenvalue weighted by molar-refractivity contribution is 6.38. The molecular formula is C23H18Cl3F3N8O2. The molecule has 2 amide bonds. The summed E-state index contributed by atoms with van der Waals surface area (Å²) >= 11 is 18.7. The van der Waals surface area contributed by atoms with Gasteiger partial charge >= 0.3 is 6.18 Å². The number of alkyl halides is 3. The van der Waals surface area contributed by atoms with Crippen molar-refractivity contribution in [2.24, 2.45) is 0 Å². The third-order valence-electron chi connectivity index (χ3n) is 5.02. The Morgan fingerprint density at radius 1 is 1.05 bits per heavy atom. The third kappa shape index (κ3) is 6.49. The number of rotatable bonds is 7. The van der Waals surface area contributed by atoms with Gasteiger partial charge in [0.1, 0.15) is 12.2 Å². The van der Waals surface area contributed by atoms with E-state index in [1.54, 1.807) is 19.9 Å². The van der Waals surface area contributed by atoms with Gasteiger partial charge in [0, 0.05) is 17.3 Å². The van der Waals surface area contributed by atoms with Gasteiger partial charge in [-0.25, -0.2) is 9.67 Å². The number of hydrogen-bond acceptors (Lipinski definition) is 6. The maximum Gasteiger partial charge on any atom is 0.436 e. The fourth-order valence-corrected chi connectivity index (χ4v) is 4.15. The molecule has 0 aliphatic carbocycles. The average Bonchev–Trinajstić information content (AvgIpc) is 3.48. The molecule has 0 spiro atoms. The summed E-state index contributed by atoms with van der Waals surface area (Å²) in [5.41, 5.74) is -1.19. The Hall–Kier alpha value is -3.68. The number of anilines is 1. The van der Waals surface area contributed by atoms with Crippen molar-refractivity contribution in [3.8, 4) is 5.82 Å². The van der Waals surface area contributed by atoms with E-state index in [-0.39, 0.29) is 56.1 Å². The number of amides is 2. The summed E-state index contributed by atoms with van der Waals surface area (Å²) < 4.78 is 39.9. The Morgan fingerprint density at radius 2 is 1.79 bits per heavy atom. The van der Waals surface area contributed by atoms with Crippen LogP contribution in [0.1, 0.15) is 46.1 Å². The van der Waals surface area contributed by atoms with Crippen molar-refractivity contribution in [3.63, 3.8) is 0 Å². The fourth-order valence-electron chi connectivity index (χ4n) is 3.41. The Bertz CT molecular complexity index is 1550. The van der Waals surface area contributed by atoms with E-state index in [4.69, 9.17) is 34.8 Å². The van der Waals surface area contributed by atoms with Crippen LogP contribution >= 0.6 is 34.8 Å². The van der Waals surface area contributed by atoms with Gasteiger partial charge < -0.3 is 10.6 Å². The van der Waals surface area contributed by atoms with Crippen LogP contribution in [0.2, 0.25) is 15.1 Å². The molecule has 16 heteroatoms. The summed E-state index contributed by atoms with van der Waals surface area (Å²) in [6.07, 6.45) is -2.69. The van der Waals surface area contributed by atoms with Crippen LogP contribution < -0.4 is 10.6 Å². The summed E-state index contributed by atoms with van der Waals surface area (Å²) in [6, 6.07) is 6.86. The Balaban J connectivity index is 1.74. The van der Waals surface area contributed by atoms with E-state index in [9.17, 15) is 22.8 Å². The van der Waals surface area contributed by atoms with Crippen molar-refractivity contribution >= 4 is 52.3 Å². The van der Waals surface area contributed by atoms with Gasteiger partial charge in [0.15, 0.2) is 11.5 Å². The van der Waals surface area contributed by atoms with Gasteiger partial charge in [-0.1, -0.05) is 34.8 Å². The molecule has 0 fully saturated rings. The molecule has 4 rings (SSSR count). The summed E-state index contributed by atoms with van der Waals surface area (Å²) in [6.45, 7) is 3.20. The zero-order valence-electron chi connectivity index (χ0n) is 20.1. The molecule has 39 heavy (non-hydrogen) atoms. The lowest BCUT2D eigenvalue weighted by Gasteiger charge is -2.15. The molecule has 0 atom stereocenters. The molecule has 1 aromatic carbocycles. The molecule has 0 bridgehead atoms. The van der Waals surface area contributed by atoms with Gasteiger partial charge in [0.25, 0.3) is 11.8 Å². The highest BCUT2D eigenvalue weighted by atomic mass is 35.5. The quantitative estimate of drug-likeness (QED) is 0.298. The predicted octanol–water partition coefficient (Wildman–Crippen LogP) is 5.28. The number of nitrogens with one attached hydrogen (secondary N) is 2. The first-order valence-electron chi connectivity index (χ1n) is 11.1. The zero-order chi connectivity index (χ0) is 28.5. The number of benzene rings is 1. The molecule has 0 unspecified atom stereocenters. The number of hydrogen-bond donors (Lipinski definition) is 2. The first-order valence-corrected chi connectivity index (χ1v) is 12.2. The SMILES string of the molecule is CC(C)NC(=O)c1cc(Cl)cc(Cl)c1NC(=O)c1cc(Cn2ncc(C(F)(F)F)n2)nn1-c1ncccc1Cl. The van der Waals surface area contributed by atoms with Crippen LogP contribution in [0.5, 0.6) is 0 Å². The number of carbonyl (C=O) groups is 2. The molecule has 0 aliphatic heterocycles. The fraction of sp³-hybridized carbons (Fsp3) is 0.217. The molecule has 0 radical (unpaired) electrons. The molecule has 0 saturated heterocycles. The van der Waals surface area contributed by atoms with Crippen LogP contribution in [0.3, 0.4) is 0 Å². The first kappa shape index (κ1) is 28.3. The molecule has 3 aromatic heterocycles. The van der Waals surface area contributed by atoms with Crippen LogP contribution in [0, 0.1) is 0 Å². The van der Waals surface area contributed by atoms with Gasteiger partial charge in [-0.3, -0.25) is 9.59 Å². The van der Waals surface area contributed by atoms with Gasteiger partial charge in [-0.15, -0.1) is 5.10 Å². The summed E-state index contributed by atoms with van der Waals surface area (Å²) in [5.74, 6) is -1.24. The van der Waals surface area contributed by atoms with Crippen LogP contribution in [-0.4, -0.2) is 47.6 Å². The Kier molecular flexibility index (Phi) is 8.14. The molecule has 10 nitrogen and oxygen atoms in total. The van der Waals surface area contributed by atoms with E-state index < -0.39 is 23.7 Å². The molecule has 3 heterocycles. The molecule has 0 saturated carbocycles. The largest absolute Gasteiger partial charge is 0.436 e. The smallest absolute Gasteiger partial charge is 0.350 e. The second-order valence-corrected chi connectivity index (χ2v) is 9.64. The molecule has 0 aliphatic rings. The van der Waals surface area contributed by atoms with Crippen LogP contribution in [0.15, 0.2) is 42.7 Å². The predicted molar refractivity (Wildman–Crippen MR) is 138 cm³/mol. The maximum atomic E-state index is 13.5. The van der Waals surface area contributed by atoms with Gasteiger partial charge in [-0.05, 0) is 44.2 Å². The van der Waals surface area contributed by atoms with Crippen molar-refractivity contribution in [2.45, 2.75) is 32.6 Å². The monoisotopic (exact) mass is 600 g/mol. The van der Waals surface area contributed by atoms with E-state index in [0.29, 0.717) is 6.20 Å². The zero-order valence-corrected chi connectivity index (χ0v) is 22.4. The van der Waals surface area contributed by atoms with E-state index in [1.807, 2.05) is 0 Å². The van der Waals surface area contributed by atoms with E-state index in [1.165, 1.54) is 30.5 Å².